The molecule has 0 saturated heterocycles. The molecule has 1 aliphatic rings. The average Bonchev–Trinajstić information content (AvgIpc) is 3.06. The van der Waals surface area contributed by atoms with Crippen LogP contribution in [0.15, 0.2) is 11.4 Å². The van der Waals surface area contributed by atoms with Crippen molar-refractivity contribution in [2.24, 2.45) is 5.92 Å². The van der Waals surface area contributed by atoms with Crippen molar-refractivity contribution in [1.82, 2.24) is 9.97 Å². The minimum absolute atomic E-state index is 0.00505. The van der Waals surface area contributed by atoms with Gasteiger partial charge in [-0.15, -0.1) is 0 Å². The van der Waals surface area contributed by atoms with Crippen molar-refractivity contribution in [1.29, 1.82) is 0 Å². The van der Waals surface area contributed by atoms with E-state index < -0.39 is 5.97 Å². The molecular formula is C15H20N2O4S. The van der Waals surface area contributed by atoms with E-state index in [9.17, 15) is 9.59 Å². The molecule has 0 bridgehead atoms. The molecule has 1 fully saturated rings. The Kier molecular flexibility index (Phi) is 6.18. The third-order valence-corrected chi connectivity index (χ3v) is 4.09. The van der Waals surface area contributed by atoms with Crippen molar-refractivity contribution in [2.75, 3.05) is 19.5 Å². The van der Waals surface area contributed by atoms with Crippen LogP contribution in [0.3, 0.4) is 0 Å². The first kappa shape index (κ1) is 16.7. The van der Waals surface area contributed by atoms with Crippen molar-refractivity contribution in [3.05, 3.63) is 11.9 Å². The second-order valence-corrected chi connectivity index (χ2v) is 5.78. The Bertz CT molecular complexity index is 544. The number of aromatic nitrogens is 2. The Morgan fingerprint density at radius 1 is 1.36 bits per heavy atom. The van der Waals surface area contributed by atoms with E-state index in [1.54, 1.807) is 6.92 Å². The summed E-state index contributed by atoms with van der Waals surface area (Å²) >= 11 is 1.36. The van der Waals surface area contributed by atoms with Gasteiger partial charge in [0, 0.05) is 5.92 Å². The van der Waals surface area contributed by atoms with Crippen LogP contribution < -0.4 is 4.74 Å². The first-order valence-corrected chi connectivity index (χ1v) is 8.61. The highest BCUT2D eigenvalue weighted by Gasteiger charge is 2.28. The third-order valence-electron chi connectivity index (χ3n) is 3.53. The van der Waals surface area contributed by atoms with Crippen LogP contribution in [0.1, 0.15) is 43.1 Å². The summed E-state index contributed by atoms with van der Waals surface area (Å²) in [5.41, 5.74) is 0.274. The minimum atomic E-state index is -0.476. The SMILES string of the molecule is CCOC(=O)COc1cnc(SC)nc1C(=O)C1CCCC1. The summed E-state index contributed by atoms with van der Waals surface area (Å²) in [6.45, 7) is 1.77. The summed E-state index contributed by atoms with van der Waals surface area (Å²) in [6, 6.07) is 0. The molecule has 1 aliphatic carbocycles. The standard InChI is InChI=1S/C15H20N2O4S/c1-3-20-12(18)9-21-11-8-16-15(22-2)17-13(11)14(19)10-6-4-5-7-10/h8,10H,3-7,9H2,1-2H3. The van der Waals surface area contributed by atoms with Gasteiger partial charge in [0.25, 0.3) is 0 Å². The van der Waals surface area contributed by atoms with E-state index in [1.807, 2.05) is 6.26 Å². The molecule has 0 aliphatic heterocycles. The highest BCUT2D eigenvalue weighted by atomic mass is 32.2. The zero-order valence-corrected chi connectivity index (χ0v) is 13.6. The van der Waals surface area contributed by atoms with Crippen LogP contribution in [0.2, 0.25) is 0 Å². The molecule has 6 nitrogen and oxygen atoms in total. The molecule has 0 unspecified atom stereocenters. The minimum Gasteiger partial charge on any atom is -0.478 e. The van der Waals surface area contributed by atoms with Crippen LogP contribution in [0.4, 0.5) is 0 Å². The lowest BCUT2D eigenvalue weighted by Gasteiger charge is -2.13. The topological polar surface area (TPSA) is 78.4 Å². The van der Waals surface area contributed by atoms with E-state index in [-0.39, 0.29) is 36.4 Å². The van der Waals surface area contributed by atoms with Gasteiger partial charge in [-0.2, -0.15) is 0 Å². The van der Waals surface area contributed by atoms with Crippen LogP contribution >= 0.6 is 11.8 Å². The smallest absolute Gasteiger partial charge is 0.344 e. The molecule has 0 spiro atoms. The number of carbonyl (C=O) groups is 2. The lowest BCUT2D eigenvalue weighted by atomic mass is 10.00. The normalized spacial score (nSPS) is 14.8. The number of hydrogen-bond donors (Lipinski definition) is 0. The number of ketones is 1. The Balaban J connectivity index is 2.17. The molecule has 0 radical (unpaired) electrons. The van der Waals surface area contributed by atoms with Gasteiger partial charge in [-0.3, -0.25) is 4.79 Å². The van der Waals surface area contributed by atoms with Crippen LogP contribution in [0.5, 0.6) is 5.75 Å². The van der Waals surface area contributed by atoms with Gasteiger partial charge in [0.05, 0.1) is 12.8 Å². The summed E-state index contributed by atoms with van der Waals surface area (Å²) in [5, 5.41) is 0.518. The van der Waals surface area contributed by atoms with Crippen LogP contribution in [0.25, 0.3) is 0 Å². The second-order valence-electron chi connectivity index (χ2n) is 5.01. The fraction of sp³-hybridized carbons (Fsp3) is 0.600. The average molecular weight is 324 g/mol. The van der Waals surface area contributed by atoms with E-state index in [0.29, 0.717) is 5.16 Å². The molecule has 2 rings (SSSR count). The van der Waals surface area contributed by atoms with Crippen LogP contribution in [0, 0.1) is 5.92 Å². The lowest BCUT2D eigenvalue weighted by Crippen LogP contribution is -2.19. The monoisotopic (exact) mass is 324 g/mol. The number of ether oxygens (including phenoxy) is 2. The molecule has 0 N–H and O–H groups in total. The van der Waals surface area contributed by atoms with Gasteiger partial charge in [-0.05, 0) is 26.0 Å². The summed E-state index contributed by atoms with van der Waals surface area (Å²) < 4.78 is 10.2. The van der Waals surface area contributed by atoms with Crippen molar-refractivity contribution in [3.63, 3.8) is 0 Å². The number of hydrogen-bond acceptors (Lipinski definition) is 7. The number of rotatable bonds is 7. The molecule has 1 saturated carbocycles. The fourth-order valence-corrected chi connectivity index (χ4v) is 2.80. The van der Waals surface area contributed by atoms with E-state index in [4.69, 9.17) is 9.47 Å². The van der Waals surface area contributed by atoms with Crippen molar-refractivity contribution in [2.45, 2.75) is 37.8 Å². The molecule has 1 heterocycles. The quantitative estimate of drug-likeness (QED) is 0.330. The number of thioether (sulfide) groups is 1. The van der Waals surface area contributed by atoms with Crippen molar-refractivity contribution in [3.8, 4) is 5.75 Å². The number of Topliss-reactive ketones (excluding diaryl/α,β-unsaturated/α-hetero) is 1. The second kappa shape index (κ2) is 8.12. The van der Waals surface area contributed by atoms with Gasteiger partial charge in [-0.25, -0.2) is 14.8 Å². The summed E-state index contributed by atoms with van der Waals surface area (Å²) in [7, 11) is 0. The Hall–Kier alpha value is -1.63. The van der Waals surface area contributed by atoms with Gasteiger partial charge < -0.3 is 9.47 Å². The maximum Gasteiger partial charge on any atom is 0.344 e. The maximum absolute atomic E-state index is 12.6. The molecule has 22 heavy (non-hydrogen) atoms. The molecule has 1 aromatic rings. The lowest BCUT2D eigenvalue weighted by molar-refractivity contribution is -0.145. The Labute approximate surface area is 134 Å². The molecule has 7 heteroatoms. The van der Waals surface area contributed by atoms with Crippen LogP contribution in [-0.2, 0) is 9.53 Å². The Morgan fingerprint density at radius 3 is 2.73 bits per heavy atom. The van der Waals surface area contributed by atoms with Crippen LogP contribution in [-0.4, -0.2) is 41.2 Å². The fourth-order valence-electron chi connectivity index (χ4n) is 2.46. The summed E-state index contributed by atoms with van der Waals surface area (Å²) in [4.78, 5) is 32.4. The first-order chi connectivity index (χ1) is 10.7. The molecule has 0 aromatic carbocycles. The highest BCUT2D eigenvalue weighted by molar-refractivity contribution is 7.98. The van der Waals surface area contributed by atoms with E-state index in [1.165, 1.54) is 18.0 Å². The molecule has 0 amide bonds. The Morgan fingerprint density at radius 2 is 2.09 bits per heavy atom. The van der Waals surface area contributed by atoms with Crippen molar-refractivity contribution < 1.29 is 19.1 Å². The molecule has 120 valence electrons. The van der Waals surface area contributed by atoms with E-state index in [0.717, 1.165) is 25.7 Å². The van der Waals surface area contributed by atoms with Crippen molar-refractivity contribution >= 4 is 23.5 Å². The maximum atomic E-state index is 12.6. The zero-order chi connectivity index (χ0) is 15.9. The van der Waals surface area contributed by atoms with Gasteiger partial charge in [0.1, 0.15) is 0 Å². The van der Waals surface area contributed by atoms with E-state index >= 15 is 0 Å². The number of esters is 1. The number of carbonyl (C=O) groups excluding carboxylic acids is 2. The van der Waals surface area contributed by atoms with Gasteiger partial charge in [-0.1, -0.05) is 24.6 Å². The third kappa shape index (κ3) is 4.19. The first-order valence-electron chi connectivity index (χ1n) is 7.39. The predicted octanol–water partition coefficient (Wildman–Crippen LogP) is 2.51. The van der Waals surface area contributed by atoms with Gasteiger partial charge in [0.2, 0.25) is 0 Å². The zero-order valence-electron chi connectivity index (χ0n) is 12.8. The highest BCUT2D eigenvalue weighted by Crippen LogP contribution is 2.30. The van der Waals surface area contributed by atoms with E-state index in [2.05, 4.69) is 9.97 Å². The van der Waals surface area contributed by atoms with Gasteiger partial charge >= 0.3 is 5.97 Å². The molecule has 0 atom stereocenters. The molecular weight excluding hydrogens is 304 g/mol. The predicted molar refractivity (Wildman–Crippen MR) is 82.2 cm³/mol. The summed E-state index contributed by atoms with van der Waals surface area (Å²) in [5.74, 6) is -0.248. The number of nitrogens with zero attached hydrogens (tertiary/aromatic N) is 2. The largest absolute Gasteiger partial charge is 0.478 e. The molecule has 1 aromatic heterocycles. The van der Waals surface area contributed by atoms with Gasteiger partial charge in [0.15, 0.2) is 29.0 Å². The summed E-state index contributed by atoms with van der Waals surface area (Å²) in [6.07, 6.45) is 7.20.